The maximum absolute atomic E-state index is 10.7. The van der Waals surface area contributed by atoms with Gasteiger partial charge in [-0.15, -0.1) is 0 Å². The molecule has 152 valence electrons. The minimum Gasteiger partial charge on any atom is -0.494 e. The van der Waals surface area contributed by atoms with Gasteiger partial charge in [-0.3, -0.25) is 0 Å². The van der Waals surface area contributed by atoms with Crippen LogP contribution < -0.4 is 5.73 Å². The molecule has 31 heavy (non-hydrogen) atoms. The zero-order chi connectivity index (χ0) is 21.2. The highest BCUT2D eigenvalue weighted by molar-refractivity contribution is 6.22. The second kappa shape index (κ2) is 7.84. The van der Waals surface area contributed by atoms with Gasteiger partial charge in [0.1, 0.15) is 5.82 Å². The number of nitrogens with zero attached hydrogens (tertiary/aromatic N) is 2. The van der Waals surface area contributed by atoms with Crippen molar-refractivity contribution in [3.05, 3.63) is 108 Å². The number of H-pyrrole nitrogens is 2. The number of nitrogen functional groups attached to an aromatic ring is 1. The zero-order valence-electron chi connectivity index (χ0n) is 16.7. The lowest BCUT2D eigenvalue weighted by molar-refractivity contribution is 0.457. The summed E-state index contributed by atoms with van der Waals surface area (Å²) in [6.07, 6.45) is 4.30. The molecule has 0 bridgehead atoms. The number of aromatic amines is 2. The average Bonchev–Trinajstić information content (AvgIpc) is 3.41. The fourth-order valence-corrected chi connectivity index (χ4v) is 3.70. The minimum absolute atomic E-state index is 0.0673. The van der Waals surface area contributed by atoms with E-state index in [2.05, 4.69) is 15.0 Å². The summed E-state index contributed by atoms with van der Waals surface area (Å²) in [7, 11) is 0. The second-order valence-electron chi connectivity index (χ2n) is 7.36. The molecule has 3 aromatic carbocycles. The van der Waals surface area contributed by atoms with Gasteiger partial charge in [0.25, 0.3) is 0 Å². The third kappa shape index (κ3) is 3.79. The molecule has 0 amide bonds. The Morgan fingerprint density at radius 3 is 2.55 bits per heavy atom. The van der Waals surface area contributed by atoms with E-state index in [1.165, 1.54) is 0 Å². The number of anilines is 1. The van der Waals surface area contributed by atoms with Crippen LogP contribution in [0, 0.1) is 0 Å². The Labute approximate surface area is 179 Å². The Morgan fingerprint density at radius 2 is 1.81 bits per heavy atom. The normalized spacial score (nSPS) is 11.8. The molecule has 0 aliphatic carbocycles. The molecule has 0 aliphatic heterocycles. The Kier molecular flexibility index (Phi) is 4.72. The number of hydrogen-bond acceptors (Lipinski definition) is 4. The molecule has 0 spiro atoms. The fourth-order valence-electron chi connectivity index (χ4n) is 3.70. The molecule has 6 nitrogen and oxygen atoms in total. The average molecular weight is 407 g/mol. The molecular formula is C25H21N5O. The molecule has 5 N–H and O–H groups in total. The molecule has 2 aromatic heterocycles. The number of hydrogen-bond donors (Lipinski definition) is 4. The van der Waals surface area contributed by atoms with E-state index in [-0.39, 0.29) is 5.88 Å². The number of nitrogens with one attached hydrogen (secondary N) is 2. The van der Waals surface area contributed by atoms with Crippen molar-refractivity contribution in [1.82, 2.24) is 15.0 Å². The van der Waals surface area contributed by atoms with Crippen LogP contribution in [0.4, 0.5) is 11.4 Å². The summed E-state index contributed by atoms with van der Waals surface area (Å²) in [4.78, 5) is 15.4. The first-order valence-corrected chi connectivity index (χ1v) is 9.99. The van der Waals surface area contributed by atoms with Crippen molar-refractivity contribution >= 4 is 28.0 Å². The highest BCUT2D eigenvalue weighted by Gasteiger charge is 2.18. The Balaban J connectivity index is 1.60. The van der Waals surface area contributed by atoms with Gasteiger partial charge >= 0.3 is 0 Å². The molecule has 0 fully saturated rings. The van der Waals surface area contributed by atoms with Crippen LogP contribution in [0.25, 0.3) is 10.9 Å². The van der Waals surface area contributed by atoms with E-state index in [0.717, 1.165) is 40.0 Å². The zero-order valence-corrected chi connectivity index (χ0v) is 16.7. The predicted octanol–water partition coefficient (Wildman–Crippen LogP) is 4.94. The van der Waals surface area contributed by atoms with Crippen molar-refractivity contribution in [3.63, 3.8) is 0 Å². The van der Waals surface area contributed by atoms with Gasteiger partial charge in [-0.05, 0) is 35.9 Å². The van der Waals surface area contributed by atoms with Crippen LogP contribution >= 0.6 is 0 Å². The molecule has 0 radical (unpaired) electrons. The lowest BCUT2D eigenvalue weighted by atomic mass is 10.0. The van der Waals surface area contributed by atoms with Gasteiger partial charge in [-0.1, -0.05) is 42.5 Å². The van der Waals surface area contributed by atoms with Gasteiger partial charge in [0.05, 0.1) is 17.0 Å². The molecule has 6 heteroatoms. The van der Waals surface area contributed by atoms with Crippen LogP contribution in [0.2, 0.25) is 0 Å². The number of nitrogens with two attached hydrogens (primary N) is 1. The number of aromatic hydroxyl groups is 1. The van der Waals surface area contributed by atoms with Crippen molar-refractivity contribution in [2.45, 2.75) is 6.42 Å². The maximum atomic E-state index is 10.7. The highest BCUT2D eigenvalue weighted by Crippen LogP contribution is 2.32. The molecule has 0 saturated heterocycles. The van der Waals surface area contributed by atoms with Crippen LogP contribution in [0.1, 0.15) is 22.5 Å². The number of aliphatic imine (C=N–C) groups is 1. The smallest absolute Gasteiger partial charge is 0.199 e. The van der Waals surface area contributed by atoms with E-state index in [4.69, 9.17) is 10.7 Å². The Hall–Kier alpha value is -4.32. The van der Waals surface area contributed by atoms with Crippen molar-refractivity contribution in [3.8, 4) is 5.88 Å². The molecule has 5 rings (SSSR count). The first kappa shape index (κ1) is 18.7. The van der Waals surface area contributed by atoms with Crippen molar-refractivity contribution in [2.75, 3.05) is 5.73 Å². The Morgan fingerprint density at radius 1 is 1.00 bits per heavy atom. The summed E-state index contributed by atoms with van der Waals surface area (Å²) in [5, 5.41) is 11.6. The topological polar surface area (TPSA) is 103 Å². The lowest BCUT2D eigenvalue weighted by Gasteiger charge is -2.08. The van der Waals surface area contributed by atoms with Crippen LogP contribution in [0.15, 0.2) is 90.2 Å². The van der Waals surface area contributed by atoms with E-state index in [1.807, 2.05) is 72.9 Å². The summed E-state index contributed by atoms with van der Waals surface area (Å²) in [5.41, 5.74) is 11.6. The molecule has 0 unspecified atom stereocenters. The molecule has 0 saturated carbocycles. The minimum atomic E-state index is 0.0673. The molecular weight excluding hydrogens is 386 g/mol. The molecule has 5 aromatic rings. The van der Waals surface area contributed by atoms with E-state index in [0.29, 0.717) is 17.0 Å². The maximum Gasteiger partial charge on any atom is 0.199 e. The van der Waals surface area contributed by atoms with Crippen LogP contribution in [-0.2, 0) is 6.42 Å². The Bertz CT molecular complexity index is 1350. The summed E-state index contributed by atoms with van der Waals surface area (Å²) < 4.78 is 0. The molecule has 0 aliphatic rings. The number of rotatable bonds is 5. The fraction of sp³-hybridized carbons (Fsp3) is 0.0400. The summed E-state index contributed by atoms with van der Waals surface area (Å²) in [6, 6.07) is 23.4. The predicted molar refractivity (Wildman–Crippen MR) is 124 cm³/mol. The van der Waals surface area contributed by atoms with E-state index >= 15 is 0 Å². The third-order valence-electron chi connectivity index (χ3n) is 5.19. The van der Waals surface area contributed by atoms with Gasteiger partial charge in [0, 0.05) is 41.0 Å². The van der Waals surface area contributed by atoms with E-state index < -0.39 is 0 Å². The summed E-state index contributed by atoms with van der Waals surface area (Å²) >= 11 is 0. The van der Waals surface area contributed by atoms with Gasteiger partial charge in [0.2, 0.25) is 0 Å². The van der Waals surface area contributed by atoms with E-state index in [1.54, 1.807) is 12.3 Å². The van der Waals surface area contributed by atoms with Crippen LogP contribution in [0.5, 0.6) is 5.88 Å². The number of benzene rings is 3. The quantitative estimate of drug-likeness (QED) is 0.245. The molecule has 0 atom stereocenters. The first-order valence-electron chi connectivity index (χ1n) is 9.99. The monoisotopic (exact) mass is 407 g/mol. The van der Waals surface area contributed by atoms with E-state index in [9.17, 15) is 5.11 Å². The van der Waals surface area contributed by atoms with Gasteiger partial charge in [0.15, 0.2) is 5.88 Å². The highest BCUT2D eigenvalue weighted by atomic mass is 16.3. The van der Waals surface area contributed by atoms with Crippen molar-refractivity contribution in [2.24, 2.45) is 4.99 Å². The third-order valence-corrected chi connectivity index (χ3v) is 5.19. The largest absolute Gasteiger partial charge is 0.494 e. The van der Waals surface area contributed by atoms with Crippen LogP contribution in [0.3, 0.4) is 0 Å². The van der Waals surface area contributed by atoms with Crippen molar-refractivity contribution in [1.29, 1.82) is 0 Å². The van der Waals surface area contributed by atoms with Gasteiger partial charge < -0.3 is 20.8 Å². The van der Waals surface area contributed by atoms with Gasteiger partial charge in [-0.25, -0.2) is 9.98 Å². The lowest BCUT2D eigenvalue weighted by Crippen LogP contribution is -2.03. The number of aromatic nitrogens is 3. The number of fused-ring (bicyclic) bond motifs is 1. The number of imidazole rings is 1. The SMILES string of the molecule is Nc1ccc2[nH]c(O)c(C(=Nc3ccc(Cc4ncc[nH]4)cc3)c3ccccc3)c2c1. The van der Waals surface area contributed by atoms with Gasteiger partial charge in [-0.2, -0.15) is 0 Å². The van der Waals surface area contributed by atoms with Crippen molar-refractivity contribution < 1.29 is 5.11 Å². The standard InChI is InChI=1S/C25H21N5O/c26-18-8-11-21-20(15-18)23(25(31)30-21)24(17-4-2-1-3-5-17)29-19-9-6-16(7-10-19)14-22-27-12-13-28-22/h1-13,15,30-31H,14,26H2,(H,27,28). The summed E-state index contributed by atoms with van der Waals surface area (Å²) in [5.74, 6) is 0.986. The molecule has 2 heterocycles. The van der Waals surface area contributed by atoms with Crippen LogP contribution in [-0.4, -0.2) is 25.8 Å². The first-order chi connectivity index (χ1) is 15.2. The second-order valence-corrected chi connectivity index (χ2v) is 7.36. The summed E-state index contributed by atoms with van der Waals surface area (Å²) in [6.45, 7) is 0.